The van der Waals surface area contributed by atoms with E-state index in [1.807, 2.05) is 58.0 Å². The average molecular weight is 487 g/mol. The van der Waals surface area contributed by atoms with Crippen molar-refractivity contribution in [2.45, 2.75) is 67.7 Å². The Balaban J connectivity index is 1.90. The molecule has 3 aliphatic heterocycles. The molecule has 7 nitrogen and oxygen atoms in total. The molecule has 3 heterocycles. The first-order valence-electron chi connectivity index (χ1n) is 11.8. The van der Waals surface area contributed by atoms with Gasteiger partial charge >= 0.3 is 5.97 Å². The Kier molecular flexibility index (Phi) is 6.13. The van der Waals surface area contributed by atoms with Crippen LogP contribution in [0.4, 0.5) is 0 Å². The van der Waals surface area contributed by atoms with Crippen LogP contribution in [0, 0.1) is 11.8 Å². The van der Waals surface area contributed by atoms with Crippen molar-refractivity contribution in [3.8, 4) is 0 Å². The van der Waals surface area contributed by atoms with E-state index in [2.05, 4.69) is 6.58 Å². The summed E-state index contributed by atoms with van der Waals surface area (Å²) in [5.41, 5.74) is 0.185. The van der Waals surface area contributed by atoms with Crippen LogP contribution in [0.1, 0.15) is 52.1 Å². The molecule has 2 N–H and O–H groups in total. The van der Waals surface area contributed by atoms with E-state index >= 15 is 0 Å². The number of nitrogens with zero attached hydrogens (tertiary/aromatic N) is 2. The number of carbonyl (C=O) groups is 3. The molecule has 2 unspecified atom stereocenters. The van der Waals surface area contributed by atoms with E-state index in [1.165, 1.54) is 16.7 Å². The number of fused-ring (bicyclic) bond motifs is 1. The molecule has 3 saturated heterocycles. The molecule has 3 fully saturated rings. The number of aliphatic hydroxyl groups excluding tert-OH is 1. The lowest BCUT2D eigenvalue weighted by Gasteiger charge is -2.43. The molecule has 3 aliphatic rings. The molecule has 34 heavy (non-hydrogen) atoms. The van der Waals surface area contributed by atoms with E-state index < -0.39 is 44.9 Å². The van der Waals surface area contributed by atoms with Crippen molar-refractivity contribution < 1.29 is 24.6 Å². The minimum atomic E-state index is -0.998. The summed E-state index contributed by atoms with van der Waals surface area (Å²) >= 11 is 1.50. The molecule has 0 saturated carbocycles. The zero-order chi connectivity index (χ0) is 25.1. The lowest BCUT2D eigenvalue weighted by molar-refractivity contribution is -0.151. The predicted octanol–water partition coefficient (Wildman–Crippen LogP) is 3.10. The van der Waals surface area contributed by atoms with Crippen LogP contribution in [-0.4, -0.2) is 72.0 Å². The molecule has 0 aliphatic carbocycles. The molecular weight excluding hydrogens is 452 g/mol. The number of aliphatic carboxylic acids is 1. The number of hydrogen-bond donors (Lipinski definition) is 2. The first-order chi connectivity index (χ1) is 15.9. The fourth-order valence-electron chi connectivity index (χ4n) is 6.36. The molecule has 6 atom stereocenters. The van der Waals surface area contributed by atoms with Crippen LogP contribution in [0.2, 0.25) is 0 Å². The van der Waals surface area contributed by atoms with Gasteiger partial charge in [0.15, 0.2) is 0 Å². The van der Waals surface area contributed by atoms with Crippen molar-refractivity contribution in [2.75, 3.05) is 13.2 Å². The lowest BCUT2D eigenvalue weighted by atomic mass is 9.66. The van der Waals surface area contributed by atoms with E-state index in [-0.39, 0.29) is 18.4 Å². The zero-order valence-corrected chi connectivity index (χ0v) is 21.0. The summed E-state index contributed by atoms with van der Waals surface area (Å²) in [6, 6.07) is 7.54. The molecule has 0 radical (unpaired) electrons. The number of thioether (sulfide) groups is 1. The molecule has 1 aromatic carbocycles. The molecule has 1 aromatic rings. The molecule has 2 bridgehead atoms. The number of likely N-dealkylation sites (tertiary alicyclic amines) is 1. The summed E-state index contributed by atoms with van der Waals surface area (Å²) < 4.78 is -1.46. The molecule has 4 rings (SSSR count). The molecule has 1 spiro atoms. The minimum absolute atomic E-state index is 0.222. The van der Waals surface area contributed by atoms with Gasteiger partial charge in [-0.3, -0.25) is 14.4 Å². The predicted molar refractivity (Wildman–Crippen MR) is 131 cm³/mol. The second-order valence-corrected chi connectivity index (χ2v) is 12.7. The molecule has 2 amide bonds. The third-order valence-electron chi connectivity index (χ3n) is 7.80. The smallest absolute Gasteiger partial charge is 0.308 e. The van der Waals surface area contributed by atoms with E-state index in [4.69, 9.17) is 0 Å². The van der Waals surface area contributed by atoms with Crippen molar-refractivity contribution in [3.63, 3.8) is 0 Å². The van der Waals surface area contributed by atoms with E-state index in [0.717, 1.165) is 5.56 Å². The SMILES string of the molecule is C=CCN(C(=O)C1N([C@H](CO)c2ccccc2)C(=O)[C@@H]2[C@@H](C(=O)O)[C@@]3(C)CCC12S3)C(C)(C)C. The Morgan fingerprint density at radius 1 is 1.29 bits per heavy atom. The van der Waals surface area contributed by atoms with Gasteiger partial charge in [-0.25, -0.2) is 0 Å². The molecule has 8 heteroatoms. The van der Waals surface area contributed by atoms with Crippen LogP contribution < -0.4 is 0 Å². The third-order valence-corrected chi connectivity index (χ3v) is 9.78. The highest BCUT2D eigenvalue weighted by atomic mass is 32.2. The Labute approximate surface area is 205 Å². The highest BCUT2D eigenvalue weighted by molar-refractivity contribution is 8.02. The quantitative estimate of drug-likeness (QED) is 0.575. The summed E-state index contributed by atoms with van der Waals surface area (Å²) in [7, 11) is 0. The van der Waals surface area contributed by atoms with Crippen LogP contribution in [0.3, 0.4) is 0 Å². The van der Waals surface area contributed by atoms with Gasteiger partial charge in [0.2, 0.25) is 11.8 Å². The third kappa shape index (κ3) is 3.49. The Morgan fingerprint density at radius 2 is 1.94 bits per heavy atom. The summed E-state index contributed by atoms with van der Waals surface area (Å²) in [5, 5.41) is 20.6. The lowest BCUT2D eigenvalue weighted by Crippen LogP contribution is -2.59. The van der Waals surface area contributed by atoms with Gasteiger partial charge in [-0.15, -0.1) is 18.3 Å². The van der Waals surface area contributed by atoms with Crippen molar-refractivity contribution >= 4 is 29.5 Å². The standard InChI is InChI=1S/C26H34N2O5S/c1-6-14-27(24(2,3)4)22(31)20-26-13-12-25(5,34-26)19(23(32)33)18(26)21(30)28(20)17(15-29)16-10-8-7-9-11-16/h6-11,17-20,29H,1,12-15H2,2-5H3,(H,32,33)/t17-,18+,19+,20?,25-,26?/m1/s1. The van der Waals surface area contributed by atoms with Gasteiger partial charge in [0, 0.05) is 16.8 Å². The first-order valence-corrected chi connectivity index (χ1v) is 12.6. The monoisotopic (exact) mass is 486 g/mol. The van der Waals surface area contributed by atoms with Gasteiger partial charge in [-0.1, -0.05) is 36.4 Å². The molecule has 184 valence electrons. The zero-order valence-electron chi connectivity index (χ0n) is 20.2. The number of amides is 2. The highest BCUT2D eigenvalue weighted by Crippen LogP contribution is 2.72. The van der Waals surface area contributed by atoms with Crippen LogP contribution in [0.15, 0.2) is 43.0 Å². The summed E-state index contributed by atoms with van der Waals surface area (Å²) in [6.07, 6.45) is 2.88. The molecule has 0 aromatic heterocycles. The van der Waals surface area contributed by atoms with Gasteiger partial charge in [0.1, 0.15) is 6.04 Å². The largest absolute Gasteiger partial charge is 0.481 e. The van der Waals surface area contributed by atoms with E-state index in [1.54, 1.807) is 11.0 Å². The summed E-state index contributed by atoms with van der Waals surface area (Å²) in [6.45, 7) is 11.5. The van der Waals surface area contributed by atoms with Gasteiger partial charge in [-0.05, 0) is 46.1 Å². The Bertz CT molecular complexity index is 1010. The number of rotatable bonds is 7. The number of carboxylic acid groups (broad SMARTS) is 1. The maximum Gasteiger partial charge on any atom is 0.308 e. The number of aliphatic hydroxyl groups is 1. The van der Waals surface area contributed by atoms with Crippen LogP contribution in [0.25, 0.3) is 0 Å². The second kappa shape index (κ2) is 8.41. The van der Waals surface area contributed by atoms with Gasteiger partial charge in [-0.2, -0.15) is 0 Å². The van der Waals surface area contributed by atoms with Gasteiger partial charge < -0.3 is 20.0 Å². The second-order valence-electron chi connectivity index (χ2n) is 10.8. The number of hydrogen-bond acceptors (Lipinski definition) is 5. The van der Waals surface area contributed by atoms with Crippen molar-refractivity contribution in [2.24, 2.45) is 11.8 Å². The Hall–Kier alpha value is -2.32. The van der Waals surface area contributed by atoms with Crippen LogP contribution >= 0.6 is 11.8 Å². The first kappa shape index (κ1) is 24.8. The average Bonchev–Trinajstić information content (AvgIpc) is 3.33. The van der Waals surface area contributed by atoms with Crippen molar-refractivity contribution in [1.82, 2.24) is 9.80 Å². The maximum absolute atomic E-state index is 14.3. The fraction of sp³-hybridized carbons (Fsp3) is 0.577. The summed E-state index contributed by atoms with van der Waals surface area (Å²) in [5.74, 6) is -3.26. The van der Waals surface area contributed by atoms with E-state index in [0.29, 0.717) is 19.4 Å². The highest BCUT2D eigenvalue weighted by Gasteiger charge is 2.78. The van der Waals surface area contributed by atoms with Crippen LogP contribution in [-0.2, 0) is 14.4 Å². The number of carboxylic acids is 1. The number of benzene rings is 1. The Morgan fingerprint density at radius 3 is 2.47 bits per heavy atom. The molecular formula is C26H34N2O5S. The van der Waals surface area contributed by atoms with Crippen molar-refractivity contribution in [1.29, 1.82) is 0 Å². The topological polar surface area (TPSA) is 98.2 Å². The van der Waals surface area contributed by atoms with Gasteiger partial charge in [0.05, 0.1) is 29.2 Å². The van der Waals surface area contributed by atoms with E-state index in [9.17, 15) is 24.6 Å². The normalized spacial score (nSPS) is 33.0. The fourth-order valence-corrected chi connectivity index (χ4v) is 8.69. The number of carbonyl (C=O) groups excluding carboxylic acids is 2. The maximum atomic E-state index is 14.3. The van der Waals surface area contributed by atoms with Crippen molar-refractivity contribution in [3.05, 3.63) is 48.6 Å². The van der Waals surface area contributed by atoms with Gasteiger partial charge in [0.25, 0.3) is 0 Å². The minimum Gasteiger partial charge on any atom is -0.481 e. The van der Waals surface area contributed by atoms with Crippen LogP contribution in [0.5, 0.6) is 0 Å². The summed E-state index contributed by atoms with van der Waals surface area (Å²) in [4.78, 5) is 44.1.